The van der Waals surface area contributed by atoms with Gasteiger partial charge in [-0.15, -0.1) is 0 Å². The molecule has 0 spiro atoms. The van der Waals surface area contributed by atoms with Crippen LogP contribution in [0.1, 0.15) is 0 Å². The SMILES string of the molecule is c1ccc(-c2ccccc2N(c2ccc(-c3ccc4c5ccccc5n5c4c3Oc3ccccc3-5)cc2)c2cccc3ccccc23)cc1. The summed E-state index contributed by atoms with van der Waals surface area (Å²) in [5.41, 5.74) is 11.2. The molecule has 49 heavy (non-hydrogen) atoms. The van der Waals surface area contributed by atoms with Gasteiger partial charge in [-0.2, -0.15) is 0 Å². The molecule has 0 bridgehead atoms. The molecule has 0 radical (unpaired) electrons. The van der Waals surface area contributed by atoms with Crippen molar-refractivity contribution < 1.29 is 4.74 Å². The zero-order chi connectivity index (χ0) is 32.3. The number of para-hydroxylation sites is 4. The Hall–Kier alpha value is -6.58. The van der Waals surface area contributed by atoms with Crippen LogP contribution in [0.4, 0.5) is 17.1 Å². The monoisotopic (exact) mass is 626 g/mol. The van der Waals surface area contributed by atoms with E-state index in [1.54, 1.807) is 0 Å². The van der Waals surface area contributed by atoms with Crippen molar-refractivity contribution in [2.24, 2.45) is 0 Å². The quantitative estimate of drug-likeness (QED) is 0.189. The number of anilines is 3. The molecule has 2 heterocycles. The summed E-state index contributed by atoms with van der Waals surface area (Å²) in [6.07, 6.45) is 0. The van der Waals surface area contributed by atoms with Crippen molar-refractivity contribution in [2.45, 2.75) is 0 Å². The Bertz CT molecular complexity index is 2680. The van der Waals surface area contributed by atoms with E-state index in [9.17, 15) is 0 Å². The van der Waals surface area contributed by atoms with Gasteiger partial charge in [0, 0.05) is 33.0 Å². The maximum Gasteiger partial charge on any atom is 0.160 e. The van der Waals surface area contributed by atoms with Gasteiger partial charge in [-0.1, -0.05) is 133 Å². The summed E-state index contributed by atoms with van der Waals surface area (Å²) in [5, 5.41) is 4.83. The van der Waals surface area contributed by atoms with Gasteiger partial charge in [0.25, 0.3) is 0 Å². The number of ether oxygens (including phenoxy) is 1. The van der Waals surface area contributed by atoms with E-state index in [-0.39, 0.29) is 0 Å². The summed E-state index contributed by atoms with van der Waals surface area (Å²) in [5.74, 6) is 1.75. The molecule has 10 rings (SSSR count). The van der Waals surface area contributed by atoms with E-state index in [1.807, 2.05) is 6.07 Å². The molecule has 0 fully saturated rings. The van der Waals surface area contributed by atoms with Crippen molar-refractivity contribution in [1.29, 1.82) is 0 Å². The average molecular weight is 627 g/mol. The number of fused-ring (bicyclic) bond motifs is 6. The molecule has 9 aromatic rings. The topological polar surface area (TPSA) is 17.4 Å². The molecular weight excluding hydrogens is 597 g/mol. The molecule has 1 aliphatic rings. The van der Waals surface area contributed by atoms with Crippen LogP contribution in [-0.4, -0.2) is 4.57 Å². The molecule has 8 aromatic carbocycles. The Morgan fingerprint density at radius 3 is 2.00 bits per heavy atom. The third kappa shape index (κ3) is 4.29. The van der Waals surface area contributed by atoms with Crippen molar-refractivity contribution in [3.63, 3.8) is 0 Å². The fourth-order valence-electron chi connectivity index (χ4n) is 7.58. The number of aromatic nitrogens is 1. The molecule has 3 heteroatoms. The summed E-state index contributed by atoms with van der Waals surface area (Å²) in [6.45, 7) is 0. The largest absolute Gasteiger partial charge is 0.452 e. The lowest BCUT2D eigenvalue weighted by molar-refractivity contribution is 0.478. The predicted octanol–water partition coefficient (Wildman–Crippen LogP) is 12.8. The lowest BCUT2D eigenvalue weighted by atomic mass is 9.99. The van der Waals surface area contributed by atoms with Crippen LogP contribution in [0.3, 0.4) is 0 Å². The molecule has 0 amide bonds. The molecule has 230 valence electrons. The number of hydrogen-bond acceptors (Lipinski definition) is 2. The molecular formula is C46H30N2O. The van der Waals surface area contributed by atoms with Crippen molar-refractivity contribution in [3.05, 3.63) is 182 Å². The first-order valence-electron chi connectivity index (χ1n) is 16.7. The van der Waals surface area contributed by atoms with E-state index in [4.69, 9.17) is 4.74 Å². The molecule has 0 saturated carbocycles. The fourth-order valence-corrected chi connectivity index (χ4v) is 7.58. The van der Waals surface area contributed by atoms with Crippen LogP contribution in [0.15, 0.2) is 182 Å². The molecule has 0 N–H and O–H groups in total. The Balaban J connectivity index is 1.16. The van der Waals surface area contributed by atoms with Crippen LogP contribution < -0.4 is 9.64 Å². The zero-order valence-corrected chi connectivity index (χ0v) is 26.6. The molecule has 1 aromatic heterocycles. The summed E-state index contributed by atoms with van der Waals surface area (Å²) in [7, 11) is 0. The standard InChI is InChI=1S/C46H30N2O/c1-2-13-31(14-3-1)35-18-6-8-20-40(35)47(41-23-12-16-32-15-4-5-17-36(32)41)34-27-25-33(26-28-34)37-29-30-39-38-19-7-9-21-42(38)48-43-22-10-11-24-44(43)49-46(37)45(39)48/h1-30H. The Labute approximate surface area is 284 Å². The van der Waals surface area contributed by atoms with E-state index in [1.165, 1.54) is 38.2 Å². The van der Waals surface area contributed by atoms with Crippen molar-refractivity contribution in [1.82, 2.24) is 4.57 Å². The average Bonchev–Trinajstić information content (AvgIpc) is 3.52. The van der Waals surface area contributed by atoms with Gasteiger partial charge in [-0.25, -0.2) is 0 Å². The molecule has 0 atom stereocenters. The fraction of sp³-hybridized carbons (Fsp3) is 0. The highest BCUT2D eigenvalue weighted by molar-refractivity contribution is 6.14. The minimum Gasteiger partial charge on any atom is -0.452 e. The van der Waals surface area contributed by atoms with Crippen molar-refractivity contribution in [2.75, 3.05) is 4.90 Å². The minimum absolute atomic E-state index is 0.862. The van der Waals surface area contributed by atoms with E-state index in [2.05, 4.69) is 185 Å². The molecule has 0 unspecified atom stereocenters. The van der Waals surface area contributed by atoms with E-state index < -0.39 is 0 Å². The first kappa shape index (κ1) is 27.5. The van der Waals surface area contributed by atoms with Gasteiger partial charge in [-0.05, 0) is 65.0 Å². The van der Waals surface area contributed by atoms with E-state index in [0.29, 0.717) is 0 Å². The molecule has 0 aliphatic carbocycles. The van der Waals surface area contributed by atoms with Crippen LogP contribution >= 0.6 is 0 Å². The Kier molecular flexibility index (Phi) is 6.18. The Morgan fingerprint density at radius 2 is 1.10 bits per heavy atom. The highest BCUT2D eigenvalue weighted by atomic mass is 16.5. The number of rotatable bonds is 5. The van der Waals surface area contributed by atoms with Gasteiger partial charge in [-0.3, -0.25) is 0 Å². The lowest BCUT2D eigenvalue weighted by Gasteiger charge is -2.29. The van der Waals surface area contributed by atoms with Crippen LogP contribution in [0.2, 0.25) is 0 Å². The van der Waals surface area contributed by atoms with E-state index in [0.717, 1.165) is 50.9 Å². The van der Waals surface area contributed by atoms with Gasteiger partial charge < -0.3 is 14.2 Å². The second kappa shape index (κ2) is 11.0. The summed E-state index contributed by atoms with van der Waals surface area (Å²) in [6, 6.07) is 64.8. The van der Waals surface area contributed by atoms with Crippen LogP contribution in [0.25, 0.3) is 60.5 Å². The van der Waals surface area contributed by atoms with Gasteiger partial charge in [0.15, 0.2) is 11.5 Å². The van der Waals surface area contributed by atoms with Gasteiger partial charge >= 0.3 is 0 Å². The van der Waals surface area contributed by atoms with Crippen molar-refractivity contribution in [3.8, 4) is 39.4 Å². The van der Waals surface area contributed by atoms with Crippen molar-refractivity contribution >= 4 is 49.6 Å². The highest BCUT2D eigenvalue weighted by Gasteiger charge is 2.26. The smallest absolute Gasteiger partial charge is 0.160 e. The normalized spacial score (nSPS) is 11.8. The Morgan fingerprint density at radius 1 is 0.429 bits per heavy atom. The first-order chi connectivity index (χ1) is 24.3. The summed E-state index contributed by atoms with van der Waals surface area (Å²) < 4.78 is 9.12. The third-order valence-corrected chi connectivity index (χ3v) is 9.78. The zero-order valence-electron chi connectivity index (χ0n) is 26.6. The maximum absolute atomic E-state index is 6.76. The lowest BCUT2D eigenvalue weighted by Crippen LogP contribution is -2.11. The molecule has 0 saturated heterocycles. The highest BCUT2D eigenvalue weighted by Crippen LogP contribution is 2.50. The maximum atomic E-state index is 6.76. The first-order valence-corrected chi connectivity index (χ1v) is 16.7. The van der Waals surface area contributed by atoms with Gasteiger partial charge in [0.05, 0.1) is 28.1 Å². The summed E-state index contributed by atoms with van der Waals surface area (Å²) >= 11 is 0. The van der Waals surface area contributed by atoms with Crippen LogP contribution in [-0.2, 0) is 0 Å². The predicted molar refractivity (Wildman–Crippen MR) is 204 cm³/mol. The summed E-state index contributed by atoms with van der Waals surface area (Å²) in [4.78, 5) is 2.40. The number of hydrogen-bond donors (Lipinski definition) is 0. The van der Waals surface area contributed by atoms with Gasteiger partial charge in [0.2, 0.25) is 0 Å². The third-order valence-electron chi connectivity index (χ3n) is 9.78. The number of nitrogens with zero attached hydrogens (tertiary/aromatic N) is 2. The van der Waals surface area contributed by atoms with Crippen LogP contribution in [0.5, 0.6) is 11.5 Å². The minimum atomic E-state index is 0.862. The van der Waals surface area contributed by atoms with Gasteiger partial charge in [0.1, 0.15) is 0 Å². The second-order valence-corrected chi connectivity index (χ2v) is 12.5. The second-order valence-electron chi connectivity index (χ2n) is 12.5. The van der Waals surface area contributed by atoms with E-state index >= 15 is 0 Å². The molecule has 3 nitrogen and oxygen atoms in total. The molecule has 1 aliphatic heterocycles. The number of benzene rings is 8. The van der Waals surface area contributed by atoms with Crippen LogP contribution in [0, 0.1) is 0 Å².